The Balaban J connectivity index is 2.97. The van der Waals surface area contributed by atoms with Crippen molar-refractivity contribution < 1.29 is 0 Å². The van der Waals surface area contributed by atoms with Crippen molar-refractivity contribution in [3.8, 4) is 6.07 Å². The van der Waals surface area contributed by atoms with E-state index in [-0.39, 0.29) is 5.41 Å². The minimum absolute atomic E-state index is 0.0238. The molecule has 0 radical (unpaired) electrons. The fourth-order valence-corrected chi connectivity index (χ4v) is 1.45. The Labute approximate surface area is 80.0 Å². The van der Waals surface area contributed by atoms with Crippen LogP contribution in [0.3, 0.4) is 0 Å². The predicted molar refractivity (Wildman–Crippen MR) is 54.3 cm³/mol. The van der Waals surface area contributed by atoms with Crippen molar-refractivity contribution in [3.63, 3.8) is 0 Å². The van der Waals surface area contributed by atoms with Gasteiger partial charge in [0.1, 0.15) is 0 Å². The summed E-state index contributed by atoms with van der Waals surface area (Å²) >= 11 is 0. The molecule has 1 rings (SSSR count). The SMILES string of the molecule is CCC(C)(CC#N)c1ccccc1. The first kappa shape index (κ1) is 9.80. The van der Waals surface area contributed by atoms with E-state index in [4.69, 9.17) is 5.26 Å². The lowest BCUT2D eigenvalue weighted by molar-refractivity contribution is 0.466. The summed E-state index contributed by atoms with van der Waals surface area (Å²) in [6.07, 6.45) is 1.60. The van der Waals surface area contributed by atoms with Gasteiger partial charge in [-0.25, -0.2) is 0 Å². The van der Waals surface area contributed by atoms with Gasteiger partial charge in [0.05, 0.1) is 6.07 Å². The van der Waals surface area contributed by atoms with E-state index < -0.39 is 0 Å². The van der Waals surface area contributed by atoms with Crippen molar-refractivity contribution in [1.82, 2.24) is 0 Å². The van der Waals surface area contributed by atoms with Crippen LogP contribution in [0.25, 0.3) is 0 Å². The maximum atomic E-state index is 8.74. The minimum atomic E-state index is 0.0238. The second kappa shape index (κ2) is 4.09. The minimum Gasteiger partial charge on any atom is -0.198 e. The molecule has 0 aliphatic heterocycles. The molecule has 1 atom stereocenters. The lowest BCUT2D eigenvalue weighted by Gasteiger charge is -2.25. The first-order valence-corrected chi connectivity index (χ1v) is 4.65. The largest absolute Gasteiger partial charge is 0.198 e. The molecular weight excluding hydrogens is 158 g/mol. The van der Waals surface area contributed by atoms with Crippen LogP contribution in [0.5, 0.6) is 0 Å². The first-order valence-electron chi connectivity index (χ1n) is 4.65. The highest BCUT2D eigenvalue weighted by atomic mass is 14.3. The molecule has 0 aliphatic rings. The molecule has 0 fully saturated rings. The Hall–Kier alpha value is -1.29. The van der Waals surface area contributed by atoms with Crippen molar-refractivity contribution >= 4 is 0 Å². The summed E-state index contributed by atoms with van der Waals surface area (Å²) in [7, 11) is 0. The Morgan fingerprint density at radius 2 is 1.92 bits per heavy atom. The average molecular weight is 173 g/mol. The highest BCUT2D eigenvalue weighted by Gasteiger charge is 2.23. The summed E-state index contributed by atoms with van der Waals surface area (Å²) in [4.78, 5) is 0. The molecule has 0 heterocycles. The second-order valence-electron chi connectivity index (χ2n) is 3.62. The van der Waals surface area contributed by atoms with Gasteiger partial charge in [0.25, 0.3) is 0 Å². The summed E-state index contributed by atoms with van der Waals surface area (Å²) in [6, 6.07) is 12.5. The molecule has 0 saturated carbocycles. The van der Waals surface area contributed by atoms with Crippen LogP contribution in [-0.2, 0) is 5.41 Å². The third kappa shape index (κ3) is 2.09. The van der Waals surface area contributed by atoms with E-state index in [1.165, 1.54) is 5.56 Å². The highest BCUT2D eigenvalue weighted by Crippen LogP contribution is 2.30. The summed E-state index contributed by atoms with van der Waals surface area (Å²) in [5.74, 6) is 0. The predicted octanol–water partition coefficient (Wildman–Crippen LogP) is 3.27. The zero-order valence-corrected chi connectivity index (χ0v) is 8.25. The van der Waals surface area contributed by atoms with Crippen LogP contribution in [0.4, 0.5) is 0 Å². The van der Waals surface area contributed by atoms with Crippen LogP contribution in [0.15, 0.2) is 30.3 Å². The van der Waals surface area contributed by atoms with Gasteiger partial charge in [-0.1, -0.05) is 44.2 Å². The van der Waals surface area contributed by atoms with Crippen molar-refractivity contribution in [1.29, 1.82) is 5.26 Å². The molecule has 0 amide bonds. The molecule has 1 aromatic rings. The van der Waals surface area contributed by atoms with E-state index in [0.717, 1.165) is 6.42 Å². The Bertz CT molecular complexity index is 297. The van der Waals surface area contributed by atoms with Crippen LogP contribution in [0.2, 0.25) is 0 Å². The topological polar surface area (TPSA) is 23.8 Å². The van der Waals surface area contributed by atoms with Crippen LogP contribution in [0.1, 0.15) is 32.3 Å². The third-order valence-corrected chi connectivity index (χ3v) is 2.72. The van der Waals surface area contributed by atoms with E-state index in [9.17, 15) is 0 Å². The monoisotopic (exact) mass is 173 g/mol. The molecule has 1 aromatic carbocycles. The Morgan fingerprint density at radius 3 is 2.38 bits per heavy atom. The van der Waals surface area contributed by atoms with Gasteiger partial charge in [0.15, 0.2) is 0 Å². The van der Waals surface area contributed by atoms with E-state index in [0.29, 0.717) is 6.42 Å². The van der Waals surface area contributed by atoms with Crippen molar-refractivity contribution in [2.45, 2.75) is 32.1 Å². The van der Waals surface area contributed by atoms with Gasteiger partial charge in [0, 0.05) is 11.8 Å². The molecule has 0 N–H and O–H groups in total. The molecule has 0 saturated heterocycles. The van der Waals surface area contributed by atoms with Gasteiger partial charge >= 0.3 is 0 Å². The summed E-state index contributed by atoms with van der Waals surface area (Å²) < 4.78 is 0. The van der Waals surface area contributed by atoms with Gasteiger partial charge in [-0.05, 0) is 12.0 Å². The lowest BCUT2D eigenvalue weighted by Crippen LogP contribution is -2.19. The van der Waals surface area contributed by atoms with Gasteiger partial charge in [-0.15, -0.1) is 0 Å². The standard InChI is InChI=1S/C12H15N/c1-3-12(2,9-10-13)11-7-5-4-6-8-11/h4-8H,3,9H2,1-2H3. The zero-order chi connectivity index (χ0) is 9.73. The maximum absolute atomic E-state index is 8.74. The van der Waals surface area contributed by atoms with Crippen LogP contribution in [0, 0.1) is 11.3 Å². The van der Waals surface area contributed by atoms with E-state index in [1.54, 1.807) is 0 Å². The molecule has 1 heteroatoms. The number of nitrogens with zero attached hydrogens (tertiary/aromatic N) is 1. The summed E-state index contributed by atoms with van der Waals surface area (Å²) in [5, 5.41) is 8.74. The normalized spacial score (nSPS) is 14.5. The van der Waals surface area contributed by atoms with Crippen LogP contribution in [-0.4, -0.2) is 0 Å². The number of nitriles is 1. The van der Waals surface area contributed by atoms with Crippen LogP contribution >= 0.6 is 0 Å². The van der Waals surface area contributed by atoms with E-state index >= 15 is 0 Å². The van der Waals surface area contributed by atoms with E-state index in [2.05, 4.69) is 32.0 Å². The molecular formula is C12H15N. The van der Waals surface area contributed by atoms with Crippen LogP contribution < -0.4 is 0 Å². The quantitative estimate of drug-likeness (QED) is 0.688. The zero-order valence-electron chi connectivity index (χ0n) is 8.25. The smallest absolute Gasteiger partial charge is 0.0631 e. The average Bonchev–Trinajstić information content (AvgIpc) is 2.19. The molecule has 68 valence electrons. The lowest BCUT2D eigenvalue weighted by atomic mass is 9.78. The number of hydrogen-bond donors (Lipinski definition) is 0. The van der Waals surface area contributed by atoms with Crippen molar-refractivity contribution in [2.24, 2.45) is 0 Å². The molecule has 0 aromatic heterocycles. The first-order chi connectivity index (χ1) is 6.23. The second-order valence-corrected chi connectivity index (χ2v) is 3.62. The Kier molecular flexibility index (Phi) is 3.08. The van der Waals surface area contributed by atoms with Gasteiger partial charge in [-0.2, -0.15) is 5.26 Å². The molecule has 0 bridgehead atoms. The number of benzene rings is 1. The summed E-state index contributed by atoms with van der Waals surface area (Å²) in [6.45, 7) is 4.27. The van der Waals surface area contributed by atoms with E-state index in [1.807, 2.05) is 18.2 Å². The number of rotatable bonds is 3. The van der Waals surface area contributed by atoms with Gasteiger partial charge in [-0.3, -0.25) is 0 Å². The van der Waals surface area contributed by atoms with Gasteiger partial charge < -0.3 is 0 Å². The molecule has 1 nitrogen and oxygen atoms in total. The molecule has 13 heavy (non-hydrogen) atoms. The van der Waals surface area contributed by atoms with Crippen molar-refractivity contribution in [3.05, 3.63) is 35.9 Å². The Morgan fingerprint density at radius 1 is 1.31 bits per heavy atom. The van der Waals surface area contributed by atoms with Crippen molar-refractivity contribution in [2.75, 3.05) is 0 Å². The van der Waals surface area contributed by atoms with Gasteiger partial charge in [0.2, 0.25) is 0 Å². The summed E-state index contributed by atoms with van der Waals surface area (Å²) in [5.41, 5.74) is 1.29. The fraction of sp³-hybridized carbons (Fsp3) is 0.417. The fourth-order valence-electron chi connectivity index (χ4n) is 1.45. The maximum Gasteiger partial charge on any atom is 0.0631 e. The third-order valence-electron chi connectivity index (χ3n) is 2.72. The number of hydrogen-bond acceptors (Lipinski definition) is 1. The highest BCUT2D eigenvalue weighted by molar-refractivity contribution is 5.25. The molecule has 1 unspecified atom stereocenters. The molecule has 0 aliphatic carbocycles. The molecule has 0 spiro atoms.